The second kappa shape index (κ2) is 7.86. The topological polar surface area (TPSA) is 52.6 Å². The summed E-state index contributed by atoms with van der Waals surface area (Å²) in [6.07, 6.45) is 4.56. The number of amides is 1. The molecule has 0 saturated carbocycles. The molecule has 1 heterocycles. The highest BCUT2D eigenvalue weighted by atomic mass is 16.3. The van der Waals surface area contributed by atoms with Crippen LogP contribution in [-0.4, -0.2) is 30.6 Å². The lowest BCUT2D eigenvalue weighted by atomic mass is 10.1. The van der Waals surface area contributed by atoms with Gasteiger partial charge < -0.3 is 15.3 Å². The van der Waals surface area contributed by atoms with Gasteiger partial charge in [-0.05, 0) is 67.6 Å². The van der Waals surface area contributed by atoms with Gasteiger partial charge in [-0.15, -0.1) is 0 Å². The fourth-order valence-electron chi connectivity index (χ4n) is 3.06. The molecule has 2 aromatic rings. The molecule has 1 fully saturated rings. The first-order valence-corrected chi connectivity index (χ1v) is 8.63. The van der Waals surface area contributed by atoms with Crippen molar-refractivity contribution >= 4 is 11.6 Å². The summed E-state index contributed by atoms with van der Waals surface area (Å²) in [7, 11) is 0. The second-order valence-corrected chi connectivity index (χ2v) is 6.27. The Bertz CT molecular complexity index is 659. The Balaban J connectivity index is 1.50. The number of nitrogens with zero attached hydrogens (tertiary/aromatic N) is 1. The highest BCUT2D eigenvalue weighted by molar-refractivity contribution is 5.94. The third kappa shape index (κ3) is 4.28. The molecule has 4 heteroatoms. The van der Waals surface area contributed by atoms with Crippen LogP contribution < -0.4 is 10.2 Å². The van der Waals surface area contributed by atoms with Crippen molar-refractivity contribution in [2.45, 2.75) is 25.7 Å². The summed E-state index contributed by atoms with van der Waals surface area (Å²) in [5.74, 6) is 0.218. The lowest BCUT2D eigenvalue weighted by Crippen LogP contribution is -2.29. The van der Waals surface area contributed by atoms with E-state index in [0.29, 0.717) is 12.1 Å². The Hall–Kier alpha value is -2.49. The maximum Gasteiger partial charge on any atom is 0.251 e. The molecule has 0 atom stereocenters. The zero-order valence-electron chi connectivity index (χ0n) is 13.9. The summed E-state index contributed by atoms with van der Waals surface area (Å²) >= 11 is 0. The molecule has 0 aromatic heterocycles. The van der Waals surface area contributed by atoms with Crippen LogP contribution in [0.15, 0.2) is 48.5 Å². The number of aromatic hydroxyl groups is 1. The Morgan fingerprint density at radius 1 is 0.958 bits per heavy atom. The quantitative estimate of drug-likeness (QED) is 0.887. The van der Waals surface area contributed by atoms with Gasteiger partial charge in [-0.3, -0.25) is 4.79 Å². The van der Waals surface area contributed by atoms with E-state index in [-0.39, 0.29) is 11.7 Å². The minimum atomic E-state index is -0.0426. The molecule has 3 rings (SSSR count). The number of hydrogen-bond acceptors (Lipinski definition) is 3. The molecule has 24 heavy (non-hydrogen) atoms. The first-order valence-electron chi connectivity index (χ1n) is 8.63. The monoisotopic (exact) mass is 324 g/mol. The smallest absolute Gasteiger partial charge is 0.251 e. The summed E-state index contributed by atoms with van der Waals surface area (Å²) in [5.41, 5.74) is 2.99. The van der Waals surface area contributed by atoms with Crippen LogP contribution in [0.4, 0.5) is 5.69 Å². The van der Waals surface area contributed by atoms with Gasteiger partial charge >= 0.3 is 0 Å². The molecule has 0 unspecified atom stereocenters. The number of phenolic OH excluding ortho intramolecular Hbond substituents is 1. The average molecular weight is 324 g/mol. The van der Waals surface area contributed by atoms with Crippen molar-refractivity contribution in [3.63, 3.8) is 0 Å². The first kappa shape index (κ1) is 16.4. The molecule has 2 aromatic carbocycles. The van der Waals surface area contributed by atoms with E-state index in [1.54, 1.807) is 12.1 Å². The fourth-order valence-corrected chi connectivity index (χ4v) is 3.06. The first-order chi connectivity index (χ1) is 11.7. The van der Waals surface area contributed by atoms with Gasteiger partial charge in [0.05, 0.1) is 0 Å². The van der Waals surface area contributed by atoms with Crippen LogP contribution >= 0.6 is 0 Å². The van der Waals surface area contributed by atoms with Crippen LogP contribution in [0.2, 0.25) is 0 Å². The summed E-state index contributed by atoms with van der Waals surface area (Å²) < 4.78 is 0. The van der Waals surface area contributed by atoms with Gasteiger partial charge in [0.25, 0.3) is 5.91 Å². The van der Waals surface area contributed by atoms with Crippen molar-refractivity contribution in [2.24, 2.45) is 0 Å². The van der Waals surface area contributed by atoms with Crippen molar-refractivity contribution in [3.8, 4) is 5.75 Å². The summed E-state index contributed by atoms with van der Waals surface area (Å²) in [4.78, 5) is 14.6. The molecule has 1 aliphatic rings. The van der Waals surface area contributed by atoms with Gasteiger partial charge in [0.1, 0.15) is 5.75 Å². The molecule has 0 aliphatic carbocycles. The number of carbonyl (C=O) groups excluding carboxylic acids is 1. The molecule has 1 amide bonds. The van der Waals surface area contributed by atoms with E-state index < -0.39 is 0 Å². The predicted molar refractivity (Wildman–Crippen MR) is 96.7 cm³/mol. The Kier molecular flexibility index (Phi) is 5.36. The van der Waals surface area contributed by atoms with Crippen molar-refractivity contribution < 1.29 is 9.90 Å². The van der Waals surface area contributed by atoms with Crippen LogP contribution in [0.3, 0.4) is 0 Å². The van der Waals surface area contributed by atoms with E-state index in [2.05, 4.69) is 10.2 Å². The van der Waals surface area contributed by atoms with E-state index in [9.17, 15) is 9.90 Å². The number of rotatable bonds is 5. The predicted octanol–water partition coefficient (Wildman–Crippen LogP) is 3.36. The Labute approximate surface area is 143 Å². The maximum atomic E-state index is 12.2. The summed E-state index contributed by atoms with van der Waals surface area (Å²) in [5, 5.41) is 12.2. The van der Waals surface area contributed by atoms with E-state index >= 15 is 0 Å². The SMILES string of the molecule is O=C(NCCc1ccc(O)cc1)c1ccc(N2CCCCC2)cc1. The molecule has 126 valence electrons. The highest BCUT2D eigenvalue weighted by Gasteiger charge is 2.11. The van der Waals surface area contributed by atoms with Crippen LogP contribution in [0, 0.1) is 0 Å². The van der Waals surface area contributed by atoms with E-state index in [1.165, 1.54) is 24.9 Å². The number of carbonyl (C=O) groups is 1. The minimum Gasteiger partial charge on any atom is -0.508 e. The molecule has 2 N–H and O–H groups in total. The largest absolute Gasteiger partial charge is 0.508 e. The van der Waals surface area contributed by atoms with E-state index in [1.807, 2.05) is 36.4 Å². The van der Waals surface area contributed by atoms with Crippen molar-refractivity contribution in [1.82, 2.24) is 5.32 Å². The Morgan fingerprint density at radius 3 is 2.29 bits per heavy atom. The highest BCUT2D eigenvalue weighted by Crippen LogP contribution is 2.20. The Morgan fingerprint density at radius 2 is 1.62 bits per heavy atom. The number of piperidine rings is 1. The fraction of sp³-hybridized carbons (Fsp3) is 0.350. The van der Waals surface area contributed by atoms with Crippen LogP contribution in [-0.2, 0) is 6.42 Å². The zero-order chi connectivity index (χ0) is 16.8. The second-order valence-electron chi connectivity index (χ2n) is 6.27. The average Bonchev–Trinajstić information content (AvgIpc) is 2.64. The molecule has 0 radical (unpaired) electrons. The van der Waals surface area contributed by atoms with Crippen molar-refractivity contribution in [1.29, 1.82) is 0 Å². The number of nitrogens with one attached hydrogen (secondary N) is 1. The van der Waals surface area contributed by atoms with Gasteiger partial charge in [-0.1, -0.05) is 12.1 Å². The maximum absolute atomic E-state index is 12.2. The van der Waals surface area contributed by atoms with Gasteiger partial charge in [-0.2, -0.15) is 0 Å². The zero-order valence-corrected chi connectivity index (χ0v) is 13.9. The molecule has 0 spiro atoms. The number of hydrogen-bond donors (Lipinski definition) is 2. The molecular formula is C20H24N2O2. The van der Waals surface area contributed by atoms with Crippen LogP contribution in [0.5, 0.6) is 5.75 Å². The summed E-state index contributed by atoms with van der Waals surface area (Å²) in [6.45, 7) is 2.80. The van der Waals surface area contributed by atoms with E-state index in [0.717, 1.165) is 25.1 Å². The van der Waals surface area contributed by atoms with Gasteiger partial charge in [0.2, 0.25) is 0 Å². The minimum absolute atomic E-state index is 0.0426. The molecule has 1 aliphatic heterocycles. The molecular weight excluding hydrogens is 300 g/mol. The standard InChI is InChI=1S/C20H24N2O2/c23-19-10-4-16(5-11-19)12-13-21-20(24)17-6-8-18(9-7-17)22-14-2-1-3-15-22/h4-11,23H,1-3,12-15H2,(H,21,24). The van der Waals surface area contributed by atoms with Crippen LogP contribution in [0.25, 0.3) is 0 Å². The normalized spacial score (nSPS) is 14.4. The number of anilines is 1. The van der Waals surface area contributed by atoms with Gasteiger partial charge in [0, 0.05) is 30.9 Å². The number of phenols is 1. The molecule has 1 saturated heterocycles. The third-order valence-electron chi connectivity index (χ3n) is 4.49. The van der Waals surface area contributed by atoms with Crippen LogP contribution in [0.1, 0.15) is 35.2 Å². The molecule has 0 bridgehead atoms. The third-order valence-corrected chi connectivity index (χ3v) is 4.49. The summed E-state index contributed by atoms with van der Waals surface area (Å²) in [6, 6.07) is 15.0. The lowest BCUT2D eigenvalue weighted by molar-refractivity contribution is 0.0954. The van der Waals surface area contributed by atoms with Crippen molar-refractivity contribution in [2.75, 3.05) is 24.5 Å². The van der Waals surface area contributed by atoms with Gasteiger partial charge in [-0.25, -0.2) is 0 Å². The van der Waals surface area contributed by atoms with E-state index in [4.69, 9.17) is 0 Å². The number of benzene rings is 2. The van der Waals surface area contributed by atoms with Gasteiger partial charge in [0.15, 0.2) is 0 Å². The lowest BCUT2D eigenvalue weighted by Gasteiger charge is -2.28. The van der Waals surface area contributed by atoms with Crippen molar-refractivity contribution in [3.05, 3.63) is 59.7 Å². The molecule has 4 nitrogen and oxygen atoms in total.